The third-order valence-corrected chi connectivity index (χ3v) is 7.36. The van der Waals surface area contributed by atoms with E-state index in [4.69, 9.17) is 9.84 Å². The Morgan fingerprint density at radius 1 is 0.933 bits per heavy atom. The van der Waals surface area contributed by atoms with Crippen LogP contribution < -0.4 is 20.7 Å². The number of aromatic carboxylic acids is 1. The zero-order chi connectivity index (χ0) is 32.6. The van der Waals surface area contributed by atoms with Gasteiger partial charge in [0.1, 0.15) is 28.4 Å². The zero-order valence-corrected chi connectivity index (χ0v) is 25.5. The molecule has 0 saturated heterocycles. The minimum Gasteiger partial charge on any atom is -0.481 e. The highest BCUT2D eigenvalue weighted by molar-refractivity contribution is 7.99. The van der Waals surface area contributed by atoms with E-state index in [1.807, 2.05) is 37.3 Å². The Hall–Kier alpha value is -4.92. The lowest BCUT2D eigenvalue weighted by Gasteiger charge is -2.24. The van der Waals surface area contributed by atoms with Crippen molar-refractivity contribution in [2.75, 3.05) is 18.9 Å². The van der Waals surface area contributed by atoms with Crippen LogP contribution in [0.15, 0.2) is 59.8 Å². The molecule has 0 bridgehead atoms. The van der Waals surface area contributed by atoms with Gasteiger partial charge in [-0.1, -0.05) is 67.9 Å². The molecule has 3 rings (SSSR count). The second-order valence-electron chi connectivity index (χ2n) is 9.99. The number of carbonyl (C=O) groups is 5. The van der Waals surface area contributed by atoms with Crippen molar-refractivity contribution in [3.8, 4) is 5.75 Å². The summed E-state index contributed by atoms with van der Waals surface area (Å²) in [5.41, 5.74) is 0.878. The van der Waals surface area contributed by atoms with Crippen LogP contribution in [0.2, 0.25) is 0 Å². The first kappa shape index (κ1) is 34.6. The molecule has 6 N–H and O–H groups in total. The fraction of sp³-hybridized carbons (Fsp3) is 0.367. The molecule has 15 heteroatoms. The molecule has 0 unspecified atom stereocenters. The molecule has 0 aliphatic rings. The third kappa shape index (κ3) is 11.9. The van der Waals surface area contributed by atoms with Crippen molar-refractivity contribution < 1.29 is 38.9 Å². The molecule has 2 atom stereocenters. The fourth-order valence-corrected chi connectivity index (χ4v) is 4.85. The number of carboxylic acids is 2. The first-order valence-corrected chi connectivity index (χ1v) is 15.3. The molecule has 0 radical (unpaired) electrons. The number of thioether (sulfide) groups is 1. The van der Waals surface area contributed by atoms with Crippen molar-refractivity contribution in [2.45, 2.75) is 56.1 Å². The van der Waals surface area contributed by atoms with Crippen LogP contribution in [0.4, 0.5) is 0 Å². The summed E-state index contributed by atoms with van der Waals surface area (Å²) in [6, 6.07) is 11.0. The number of unbranched alkanes of at least 4 members (excludes halogenated alkanes) is 2. The number of nitrogens with one attached hydrogen (secondary N) is 4. The van der Waals surface area contributed by atoms with E-state index in [1.165, 1.54) is 24.4 Å². The molecule has 3 aromatic rings. The standard InChI is InChI=1S/C30H36N6O8S/c1-2-3-7-12-31-28(40)22(15-20-10-11-24(44-17-27(38)39)21(13-20)30(42)43)34-29(41)23(14-19-8-5-4-6-9-19)33-25(37)18-45-26-16-32-36-35-26/h4-6,8-11,13,16,22-23H,2-3,7,12,14-15,17-18H2,1H3,(H,31,40)(H,33,37)(H,34,41)(H,38,39)(H,42,43)(H,32,35,36)/t22-,23-/m0/s1. The van der Waals surface area contributed by atoms with E-state index in [1.54, 1.807) is 0 Å². The number of aromatic nitrogens is 3. The maximum atomic E-state index is 13.7. The predicted octanol–water partition coefficient (Wildman–Crippen LogP) is 1.82. The van der Waals surface area contributed by atoms with Gasteiger partial charge in [0.15, 0.2) is 6.61 Å². The molecule has 0 saturated carbocycles. The minimum atomic E-state index is -1.35. The topological polar surface area (TPSA) is 213 Å². The molecule has 0 aliphatic heterocycles. The highest BCUT2D eigenvalue weighted by Gasteiger charge is 2.28. The van der Waals surface area contributed by atoms with Crippen molar-refractivity contribution in [1.29, 1.82) is 0 Å². The Morgan fingerprint density at radius 3 is 2.33 bits per heavy atom. The number of carboxylic acid groups (broad SMARTS) is 2. The van der Waals surface area contributed by atoms with Crippen LogP contribution >= 0.6 is 11.8 Å². The van der Waals surface area contributed by atoms with Gasteiger partial charge >= 0.3 is 11.9 Å². The summed E-state index contributed by atoms with van der Waals surface area (Å²) in [5.74, 6) is -4.31. The summed E-state index contributed by atoms with van der Waals surface area (Å²) >= 11 is 1.14. The Labute approximate surface area is 263 Å². The van der Waals surface area contributed by atoms with E-state index < -0.39 is 48.4 Å². The summed E-state index contributed by atoms with van der Waals surface area (Å²) < 4.78 is 5.10. The number of ether oxygens (including phenoxy) is 1. The SMILES string of the molecule is CCCCCNC(=O)[C@H](Cc1ccc(OCC(=O)O)c(C(=O)O)c1)NC(=O)[C@H](Cc1ccccc1)NC(=O)CSc1cn[nH]n1. The molecular formula is C30H36N6O8S. The van der Waals surface area contributed by atoms with Gasteiger partial charge in [-0.2, -0.15) is 10.3 Å². The highest BCUT2D eigenvalue weighted by Crippen LogP contribution is 2.22. The third-order valence-electron chi connectivity index (χ3n) is 6.46. The molecule has 14 nitrogen and oxygen atoms in total. The van der Waals surface area contributed by atoms with E-state index in [0.717, 1.165) is 36.6 Å². The first-order valence-electron chi connectivity index (χ1n) is 14.3. The van der Waals surface area contributed by atoms with E-state index in [0.29, 0.717) is 17.1 Å². The van der Waals surface area contributed by atoms with Gasteiger partial charge in [-0.3, -0.25) is 14.4 Å². The molecule has 240 valence electrons. The average molecular weight is 641 g/mol. The Morgan fingerprint density at radius 2 is 1.67 bits per heavy atom. The van der Waals surface area contributed by atoms with Gasteiger partial charge in [0.05, 0.1) is 11.9 Å². The number of nitrogens with zero attached hydrogens (tertiary/aromatic N) is 2. The first-order chi connectivity index (χ1) is 21.7. The van der Waals surface area contributed by atoms with Crippen LogP contribution in [0.1, 0.15) is 47.7 Å². The van der Waals surface area contributed by atoms with Gasteiger partial charge in [-0.25, -0.2) is 9.59 Å². The van der Waals surface area contributed by atoms with Crippen molar-refractivity contribution in [1.82, 2.24) is 31.4 Å². The second-order valence-corrected chi connectivity index (χ2v) is 11.0. The van der Waals surface area contributed by atoms with Gasteiger partial charge in [0, 0.05) is 19.4 Å². The number of rotatable bonds is 19. The molecule has 1 aromatic heterocycles. The van der Waals surface area contributed by atoms with Crippen LogP contribution in [0, 0.1) is 0 Å². The predicted molar refractivity (Wildman–Crippen MR) is 164 cm³/mol. The quantitative estimate of drug-likeness (QED) is 0.0821. The molecule has 3 amide bonds. The molecule has 1 heterocycles. The van der Waals surface area contributed by atoms with Crippen molar-refractivity contribution in [3.63, 3.8) is 0 Å². The van der Waals surface area contributed by atoms with Gasteiger partial charge in [0.25, 0.3) is 0 Å². The molecule has 0 fully saturated rings. The molecule has 0 aliphatic carbocycles. The number of aromatic amines is 1. The van der Waals surface area contributed by atoms with Crippen LogP contribution in [-0.2, 0) is 32.0 Å². The minimum absolute atomic E-state index is 0.0271. The molecular weight excluding hydrogens is 604 g/mol. The Kier molecular flexibility index (Phi) is 13.8. The van der Waals surface area contributed by atoms with E-state index >= 15 is 0 Å². The van der Waals surface area contributed by atoms with Crippen LogP contribution in [-0.4, -0.2) is 86.3 Å². The lowest BCUT2D eigenvalue weighted by Crippen LogP contribution is -2.55. The average Bonchev–Trinajstić information content (AvgIpc) is 3.55. The summed E-state index contributed by atoms with van der Waals surface area (Å²) in [7, 11) is 0. The molecule has 45 heavy (non-hydrogen) atoms. The number of hydrogen-bond donors (Lipinski definition) is 6. The molecule has 0 spiro atoms. The lowest BCUT2D eigenvalue weighted by atomic mass is 10.0. The Balaban J connectivity index is 1.82. The fourth-order valence-electron chi connectivity index (χ4n) is 4.26. The maximum absolute atomic E-state index is 13.7. The Bertz CT molecular complexity index is 1440. The van der Waals surface area contributed by atoms with Crippen molar-refractivity contribution in [3.05, 3.63) is 71.4 Å². The van der Waals surface area contributed by atoms with Crippen molar-refractivity contribution >= 4 is 41.4 Å². The summed E-state index contributed by atoms with van der Waals surface area (Å²) in [5, 5.41) is 37.5. The van der Waals surface area contributed by atoms with E-state index in [9.17, 15) is 29.1 Å². The van der Waals surface area contributed by atoms with E-state index in [2.05, 4.69) is 31.4 Å². The second kappa shape index (κ2) is 18.0. The van der Waals surface area contributed by atoms with Crippen LogP contribution in [0.5, 0.6) is 5.75 Å². The van der Waals surface area contributed by atoms with Gasteiger partial charge in [-0.15, -0.1) is 5.10 Å². The van der Waals surface area contributed by atoms with Crippen molar-refractivity contribution in [2.24, 2.45) is 0 Å². The zero-order valence-electron chi connectivity index (χ0n) is 24.7. The normalized spacial score (nSPS) is 12.0. The van der Waals surface area contributed by atoms with Gasteiger partial charge in [0.2, 0.25) is 17.7 Å². The number of carbonyl (C=O) groups excluding carboxylic acids is 3. The number of H-pyrrole nitrogens is 1. The van der Waals surface area contributed by atoms with Gasteiger partial charge < -0.3 is 30.9 Å². The van der Waals surface area contributed by atoms with E-state index in [-0.39, 0.29) is 29.9 Å². The largest absolute Gasteiger partial charge is 0.481 e. The number of aliphatic carboxylic acids is 1. The number of amides is 3. The maximum Gasteiger partial charge on any atom is 0.341 e. The number of benzene rings is 2. The number of hydrogen-bond acceptors (Lipinski definition) is 9. The van der Waals surface area contributed by atoms with Crippen LogP contribution in [0.25, 0.3) is 0 Å². The van der Waals surface area contributed by atoms with Crippen LogP contribution in [0.3, 0.4) is 0 Å². The smallest absolute Gasteiger partial charge is 0.341 e. The summed E-state index contributed by atoms with van der Waals surface area (Å²) in [4.78, 5) is 62.6. The molecule has 2 aromatic carbocycles. The highest BCUT2D eigenvalue weighted by atomic mass is 32.2. The summed E-state index contributed by atoms with van der Waals surface area (Å²) in [6.07, 6.45) is 4.11. The monoisotopic (exact) mass is 640 g/mol. The summed E-state index contributed by atoms with van der Waals surface area (Å²) in [6.45, 7) is 1.68. The lowest BCUT2D eigenvalue weighted by molar-refractivity contribution is -0.139. The van der Waals surface area contributed by atoms with Gasteiger partial charge in [-0.05, 0) is 29.7 Å².